The Morgan fingerprint density at radius 3 is 2.00 bits per heavy atom. The third-order valence-electron chi connectivity index (χ3n) is 7.95. The van der Waals surface area contributed by atoms with Crippen molar-refractivity contribution in [3.05, 3.63) is 137 Å². The Balaban J connectivity index is 1.29. The van der Waals surface area contributed by atoms with Crippen LogP contribution in [0.5, 0.6) is 0 Å². The SMILES string of the molecule is CC(C)(C)OC(=O)N1CCc2c(C(=O)NCCN(CCC(c3ccccc3)c3ccccc3)C(=O)c3ccccc3)cccc21. The highest BCUT2D eigenvalue weighted by atomic mass is 16.6. The van der Waals surface area contributed by atoms with Crippen molar-refractivity contribution in [3.8, 4) is 0 Å². The number of benzene rings is 4. The van der Waals surface area contributed by atoms with Crippen molar-refractivity contribution in [1.82, 2.24) is 10.2 Å². The molecule has 232 valence electrons. The monoisotopic (exact) mass is 603 g/mol. The lowest BCUT2D eigenvalue weighted by atomic mass is 9.88. The van der Waals surface area contributed by atoms with Gasteiger partial charge in [0.1, 0.15) is 5.60 Å². The van der Waals surface area contributed by atoms with E-state index in [4.69, 9.17) is 4.74 Å². The van der Waals surface area contributed by atoms with Gasteiger partial charge in [0.25, 0.3) is 11.8 Å². The number of carbonyl (C=O) groups is 3. The number of ether oxygens (including phenoxy) is 1. The fourth-order valence-corrected chi connectivity index (χ4v) is 5.81. The third kappa shape index (κ3) is 7.98. The predicted octanol–water partition coefficient (Wildman–Crippen LogP) is 7.08. The number of nitrogens with one attached hydrogen (secondary N) is 1. The van der Waals surface area contributed by atoms with Crippen molar-refractivity contribution in [2.75, 3.05) is 31.1 Å². The standard InChI is InChI=1S/C38H41N3O4/c1-38(2,3)45-37(44)41-26-23-32-33(20-13-21-34(32)41)35(42)39-24-27-40(36(43)30-18-11-6-12-19-30)25-22-31(28-14-7-4-8-15-28)29-16-9-5-10-17-29/h4-21,31H,22-27H2,1-3H3,(H,39,42). The Morgan fingerprint density at radius 2 is 1.40 bits per heavy atom. The van der Waals surface area contributed by atoms with Gasteiger partial charge in [0, 0.05) is 43.2 Å². The van der Waals surface area contributed by atoms with Crippen LogP contribution >= 0.6 is 0 Å². The van der Waals surface area contributed by atoms with E-state index < -0.39 is 11.7 Å². The summed E-state index contributed by atoms with van der Waals surface area (Å²) in [7, 11) is 0. The number of anilines is 1. The molecule has 5 rings (SSSR count). The fourth-order valence-electron chi connectivity index (χ4n) is 5.81. The molecule has 1 heterocycles. The molecule has 1 aliphatic heterocycles. The maximum Gasteiger partial charge on any atom is 0.414 e. The molecule has 0 aromatic heterocycles. The second kappa shape index (κ2) is 14.2. The molecule has 0 radical (unpaired) electrons. The van der Waals surface area contributed by atoms with Crippen LogP contribution in [0.15, 0.2) is 109 Å². The molecule has 0 saturated carbocycles. The normalized spacial score (nSPS) is 12.5. The van der Waals surface area contributed by atoms with E-state index >= 15 is 0 Å². The van der Waals surface area contributed by atoms with E-state index in [9.17, 15) is 14.4 Å². The Bertz CT molecular complexity index is 1560. The van der Waals surface area contributed by atoms with Crippen LogP contribution in [-0.4, -0.2) is 54.6 Å². The van der Waals surface area contributed by atoms with E-state index in [2.05, 4.69) is 29.6 Å². The molecule has 0 atom stereocenters. The molecule has 0 unspecified atom stereocenters. The first-order valence-electron chi connectivity index (χ1n) is 15.6. The number of fused-ring (bicyclic) bond motifs is 1. The summed E-state index contributed by atoms with van der Waals surface area (Å²) in [5.74, 6) is -0.178. The van der Waals surface area contributed by atoms with Crippen LogP contribution < -0.4 is 10.2 Å². The second-order valence-electron chi connectivity index (χ2n) is 12.3. The zero-order chi connectivity index (χ0) is 31.8. The first-order chi connectivity index (χ1) is 21.7. The molecule has 3 amide bonds. The van der Waals surface area contributed by atoms with Gasteiger partial charge in [-0.3, -0.25) is 14.5 Å². The summed E-state index contributed by atoms with van der Waals surface area (Å²) < 4.78 is 5.57. The van der Waals surface area contributed by atoms with Gasteiger partial charge in [-0.1, -0.05) is 84.9 Å². The van der Waals surface area contributed by atoms with Gasteiger partial charge in [-0.15, -0.1) is 0 Å². The minimum atomic E-state index is -0.611. The summed E-state index contributed by atoms with van der Waals surface area (Å²) in [5, 5.41) is 3.03. The van der Waals surface area contributed by atoms with E-state index in [1.54, 1.807) is 17.0 Å². The molecule has 0 aliphatic carbocycles. The number of amides is 3. The van der Waals surface area contributed by atoms with Crippen LogP contribution in [0.1, 0.15) is 70.5 Å². The zero-order valence-corrected chi connectivity index (χ0v) is 26.2. The quantitative estimate of drug-likeness (QED) is 0.210. The highest BCUT2D eigenvalue weighted by Crippen LogP contribution is 2.32. The predicted molar refractivity (Wildman–Crippen MR) is 178 cm³/mol. The van der Waals surface area contributed by atoms with E-state index in [1.807, 2.05) is 98.5 Å². The van der Waals surface area contributed by atoms with Crippen molar-refractivity contribution in [1.29, 1.82) is 0 Å². The van der Waals surface area contributed by atoms with Gasteiger partial charge >= 0.3 is 6.09 Å². The van der Waals surface area contributed by atoms with E-state index in [0.29, 0.717) is 42.9 Å². The number of rotatable bonds is 10. The number of carbonyl (C=O) groups excluding carboxylic acids is 3. The maximum atomic E-state index is 13.7. The lowest BCUT2D eigenvalue weighted by Gasteiger charge is -2.26. The van der Waals surface area contributed by atoms with Crippen LogP contribution in [0.4, 0.5) is 10.5 Å². The highest BCUT2D eigenvalue weighted by Gasteiger charge is 2.31. The Labute approximate surface area is 265 Å². The summed E-state index contributed by atoms with van der Waals surface area (Å²) in [4.78, 5) is 43.3. The molecule has 0 spiro atoms. The van der Waals surface area contributed by atoms with Gasteiger partial charge in [0.05, 0.1) is 5.69 Å². The maximum absolute atomic E-state index is 13.7. The van der Waals surface area contributed by atoms with Gasteiger partial charge < -0.3 is 15.0 Å². The largest absolute Gasteiger partial charge is 0.443 e. The summed E-state index contributed by atoms with van der Waals surface area (Å²) in [6, 6.07) is 35.4. The Morgan fingerprint density at radius 1 is 0.800 bits per heavy atom. The van der Waals surface area contributed by atoms with Crippen LogP contribution in [0, 0.1) is 0 Å². The highest BCUT2D eigenvalue weighted by molar-refractivity contribution is 6.00. The van der Waals surface area contributed by atoms with Crippen LogP contribution in [0.25, 0.3) is 0 Å². The summed E-state index contributed by atoms with van der Waals surface area (Å²) in [5.41, 5.74) is 4.46. The van der Waals surface area contributed by atoms with Crippen LogP contribution in [0.3, 0.4) is 0 Å². The lowest BCUT2D eigenvalue weighted by molar-refractivity contribution is 0.0583. The molecule has 45 heavy (non-hydrogen) atoms. The Hall–Kier alpha value is -4.91. The number of nitrogens with zero attached hydrogens (tertiary/aromatic N) is 2. The van der Waals surface area contributed by atoms with Crippen LogP contribution in [-0.2, 0) is 11.2 Å². The van der Waals surface area contributed by atoms with Gasteiger partial charge in [0.2, 0.25) is 0 Å². The first-order valence-corrected chi connectivity index (χ1v) is 15.6. The van der Waals surface area contributed by atoms with Crippen molar-refractivity contribution >= 4 is 23.6 Å². The summed E-state index contributed by atoms with van der Waals surface area (Å²) >= 11 is 0. The summed E-state index contributed by atoms with van der Waals surface area (Å²) in [6.07, 6.45) is 0.878. The minimum absolute atomic E-state index is 0.0710. The van der Waals surface area contributed by atoms with Gasteiger partial charge in [-0.05, 0) is 74.6 Å². The molecule has 4 aromatic carbocycles. The molecule has 7 nitrogen and oxygen atoms in total. The number of hydrogen-bond donors (Lipinski definition) is 1. The van der Waals surface area contributed by atoms with Gasteiger partial charge in [-0.25, -0.2) is 4.79 Å². The topological polar surface area (TPSA) is 79.0 Å². The average Bonchev–Trinajstić information content (AvgIpc) is 3.49. The van der Waals surface area contributed by atoms with Gasteiger partial charge in [-0.2, -0.15) is 0 Å². The van der Waals surface area contributed by atoms with Crippen LogP contribution in [0.2, 0.25) is 0 Å². The first kappa shape index (κ1) is 31.5. The number of hydrogen-bond acceptors (Lipinski definition) is 4. The van der Waals surface area contributed by atoms with E-state index in [-0.39, 0.29) is 24.3 Å². The Kier molecular flexibility index (Phi) is 9.98. The van der Waals surface area contributed by atoms with Crippen molar-refractivity contribution in [2.24, 2.45) is 0 Å². The van der Waals surface area contributed by atoms with Crippen molar-refractivity contribution < 1.29 is 19.1 Å². The molecule has 7 heteroatoms. The average molecular weight is 604 g/mol. The van der Waals surface area contributed by atoms with Crippen molar-refractivity contribution in [2.45, 2.75) is 45.1 Å². The smallest absolute Gasteiger partial charge is 0.414 e. The molecule has 0 bridgehead atoms. The molecule has 0 fully saturated rings. The van der Waals surface area contributed by atoms with E-state index in [0.717, 1.165) is 12.0 Å². The third-order valence-corrected chi connectivity index (χ3v) is 7.95. The second-order valence-corrected chi connectivity index (χ2v) is 12.3. The summed E-state index contributed by atoms with van der Waals surface area (Å²) in [6.45, 7) is 7.12. The lowest BCUT2D eigenvalue weighted by Crippen LogP contribution is -2.39. The molecule has 4 aromatic rings. The van der Waals surface area contributed by atoms with Gasteiger partial charge in [0.15, 0.2) is 0 Å². The molecule has 1 aliphatic rings. The zero-order valence-electron chi connectivity index (χ0n) is 26.2. The molecule has 0 saturated heterocycles. The van der Waals surface area contributed by atoms with E-state index in [1.165, 1.54) is 11.1 Å². The minimum Gasteiger partial charge on any atom is -0.443 e. The fraction of sp³-hybridized carbons (Fsp3) is 0.289. The van der Waals surface area contributed by atoms with Crippen molar-refractivity contribution in [3.63, 3.8) is 0 Å². The molecular formula is C38H41N3O4. The molecule has 1 N–H and O–H groups in total. The molecular weight excluding hydrogens is 562 g/mol.